The molecule has 0 spiro atoms. The fourth-order valence-electron chi connectivity index (χ4n) is 2.37. The van der Waals surface area contributed by atoms with E-state index in [0.29, 0.717) is 6.61 Å². The highest BCUT2D eigenvalue weighted by Crippen LogP contribution is 2.49. The summed E-state index contributed by atoms with van der Waals surface area (Å²) < 4.78 is 22.9. The normalized spacial score (nSPS) is 17.1. The molecule has 0 aromatic heterocycles. The number of para-hydroxylation sites is 1. The molecule has 2 aromatic carbocycles. The zero-order valence-corrected chi connectivity index (χ0v) is 14.7. The lowest BCUT2D eigenvalue weighted by molar-refractivity contribution is 0.232. The lowest BCUT2D eigenvalue weighted by atomic mass is 9.86. The Balaban J connectivity index is 1.83. The van der Waals surface area contributed by atoms with Gasteiger partial charge in [-0.25, -0.2) is 0 Å². The second-order valence-corrected chi connectivity index (χ2v) is 7.47. The number of methoxy groups -OCH3 is 1. The Bertz CT molecular complexity index is 694. The number of fused-ring (bicyclic) bond motifs is 1. The van der Waals surface area contributed by atoms with Crippen molar-refractivity contribution in [2.75, 3.05) is 7.11 Å². The average Bonchev–Trinajstić information content (AvgIpc) is 2.54. The molecule has 3 rings (SSSR count). The predicted molar refractivity (Wildman–Crippen MR) is 91.1 cm³/mol. The van der Waals surface area contributed by atoms with Crippen LogP contribution in [0.15, 0.2) is 42.5 Å². The van der Waals surface area contributed by atoms with Crippen molar-refractivity contribution in [1.82, 2.24) is 0 Å². The molecule has 0 fully saturated rings. The first-order valence-corrected chi connectivity index (χ1v) is 8.62. The highest BCUT2D eigenvalue weighted by Gasteiger charge is 2.28. The monoisotopic (exact) mass is 332 g/mol. The first kappa shape index (κ1) is 16.1. The molecular weight excluding hydrogens is 311 g/mol. The predicted octanol–water partition coefficient (Wildman–Crippen LogP) is 5.21. The summed E-state index contributed by atoms with van der Waals surface area (Å²) in [6.07, 6.45) is 0. The van der Waals surface area contributed by atoms with Crippen LogP contribution in [-0.2, 0) is 16.5 Å². The van der Waals surface area contributed by atoms with E-state index >= 15 is 0 Å². The summed E-state index contributed by atoms with van der Waals surface area (Å²) in [6.45, 7) is 6.92. The van der Waals surface area contributed by atoms with Crippen molar-refractivity contribution in [1.29, 1.82) is 0 Å². The van der Waals surface area contributed by atoms with E-state index in [1.54, 1.807) is 7.11 Å². The molecule has 1 unspecified atom stereocenters. The van der Waals surface area contributed by atoms with Crippen LogP contribution < -0.4 is 13.8 Å². The third kappa shape index (κ3) is 3.60. The van der Waals surface area contributed by atoms with Gasteiger partial charge in [0.1, 0.15) is 17.2 Å². The van der Waals surface area contributed by atoms with E-state index in [1.807, 2.05) is 42.5 Å². The zero-order valence-electron chi connectivity index (χ0n) is 13.8. The molecule has 1 heterocycles. The summed E-state index contributed by atoms with van der Waals surface area (Å²) in [4.78, 5) is 0. The summed E-state index contributed by atoms with van der Waals surface area (Å²) in [7, 11) is 0.211. The smallest absolute Gasteiger partial charge is 0.463 e. The van der Waals surface area contributed by atoms with E-state index in [4.69, 9.17) is 18.3 Å². The summed E-state index contributed by atoms with van der Waals surface area (Å²) in [6, 6.07) is 13.7. The van der Waals surface area contributed by atoms with Crippen LogP contribution in [0.3, 0.4) is 0 Å². The van der Waals surface area contributed by atoms with Gasteiger partial charge in [0, 0.05) is 11.1 Å². The first-order valence-electron chi connectivity index (χ1n) is 7.53. The molecule has 0 radical (unpaired) electrons. The van der Waals surface area contributed by atoms with E-state index in [0.717, 1.165) is 28.4 Å². The van der Waals surface area contributed by atoms with Crippen molar-refractivity contribution in [2.24, 2.45) is 0 Å². The molecular formula is C18H21O4P. The van der Waals surface area contributed by atoms with Gasteiger partial charge in [0.15, 0.2) is 0 Å². The topological polar surface area (TPSA) is 36.9 Å². The Morgan fingerprint density at radius 1 is 1.09 bits per heavy atom. The molecule has 23 heavy (non-hydrogen) atoms. The van der Waals surface area contributed by atoms with Gasteiger partial charge in [-0.05, 0) is 29.7 Å². The van der Waals surface area contributed by atoms with Gasteiger partial charge in [0.2, 0.25) is 0 Å². The molecule has 0 saturated heterocycles. The fourth-order valence-corrected chi connectivity index (χ4v) is 3.41. The molecule has 0 bridgehead atoms. The SMILES string of the molecule is COc1ccc(OP2OCc3ccccc3O2)c(C(C)(C)C)c1. The molecule has 1 aliphatic rings. The van der Waals surface area contributed by atoms with E-state index in [-0.39, 0.29) is 5.41 Å². The molecule has 0 N–H and O–H groups in total. The van der Waals surface area contributed by atoms with Crippen molar-refractivity contribution in [3.05, 3.63) is 53.6 Å². The maximum absolute atomic E-state index is 6.03. The zero-order chi connectivity index (χ0) is 16.4. The van der Waals surface area contributed by atoms with Gasteiger partial charge in [-0.1, -0.05) is 39.0 Å². The third-order valence-electron chi connectivity index (χ3n) is 3.64. The summed E-state index contributed by atoms with van der Waals surface area (Å²) >= 11 is 0. The Hall–Kier alpha value is -1.77. The number of benzene rings is 2. The van der Waals surface area contributed by atoms with Gasteiger partial charge in [-0.15, -0.1) is 0 Å². The molecule has 5 heteroatoms. The number of hydrogen-bond acceptors (Lipinski definition) is 4. The lowest BCUT2D eigenvalue weighted by Gasteiger charge is -2.27. The van der Waals surface area contributed by atoms with Gasteiger partial charge in [0.25, 0.3) is 0 Å². The number of rotatable bonds is 3. The summed E-state index contributed by atoms with van der Waals surface area (Å²) in [5, 5.41) is 0. The standard InChI is InChI=1S/C18H21O4P/c1-18(2,3)15-11-14(19-4)9-10-17(15)22-23-20-12-13-7-5-6-8-16(13)21-23/h5-11H,12H2,1-4H3. The van der Waals surface area contributed by atoms with Crippen molar-refractivity contribution < 1.29 is 18.3 Å². The minimum Gasteiger partial charge on any atom is -0.497 e. The maximum Gasteiger partial charge on any atom is 0.463 e. The molecule has 4 nitrogen and oxygen atoms in total. The van der Waals surface area contributed by atoms with Crippen LogP contribution >= 0.6 is 8.60 Å². The molecule has 0 saturated carbocycles. The van der Waals surface area contributed by atoms with Crippen molar-refractivity contribution in [2.45, 2.75) is 32.8 Å². The summed E-state index contributed by atoms with van der Waals surface area (Å²) in [5.74, 6) is 2.41. The quantitative estimate of drug-likeness (QED) is 0.723. The second-order valence-electron chi connectivity index (χ2n) is 6.40. The highest BCUT2D eigenvalue weighted by atomic mass is 31.2. The van der Waals surface area contributed by atoms with E-state index in [2.05, 4.69) is 20.8 Å². The Kier molecular flexibility index (Phi) is 4.47. The third-order valence-corrected chi connectivity index (χ3v) is 4.67. The van der Waals surface area contributed by atoms with Gasteiger partial charge in [-0.2, -0.15) is 0 Å². The van der Waals surface area contributed by atoms with Crippen LogP contribution in [0.1, 0.15) is 31.9 Å². The van der Waals surface area contributed by atoms with E-state index in [1.165, 1.54) is 0 Å². The lowest BCUT2D eigenvalue weighted by Crippen LogP contribution is -2.14. The van der Waals surface area contributed by atoms with Gasteiger partial charge in [-0.3, -0.25) is 4.52 Å². The van der Waals surface area contributed by atoms with Crippen molar-refractivity contribution in [3.8, 4) is 17.2 Å². The number of ether oxygens (including phenoxy) is 1. The molecule has 1 aliphatic heterocycles. The molecule has 1 atom stereocenters. The molecule has 122 valence electrons. The minimum absolute atomic E-state index is 0.0765. The van der Waals surface area contributed by atoms with Crippen molar-refractivity contribution in [3.63, 3.8) is 0 Å². The van der Waals surface area contributed by atoms with Crippen LogP contribution in [-0.4, -0.2) is 7.11 Å². The van der Waals surface area contributed by atoms with Crippen LogP contribution in [0.25, 0.3) is 0 Å². The summed E-state index contributed by atoms with van der Waals surface area (Å²) in [5.41, 5.74) is 2.03. The van der Waals surface area contributed by atoms with Crippen LogP contribution in [0, 0.1) is 0 Å². The first-order chi connectivity index (χ1) is 11.0. The molecule has 2 aromatic rings. The molecule has 0 aliphatic carbocycles. The minimum atomic E-state index is -1.45. The van der Waals surface area contributed by atoms with Gasteiger partial charge in [0.05, 0.1) is 13.7 Å². The van der Waals surface area contributed by atoms with E-state index in [9.17, 15) is 0 Å². The number of hydrogen-bond donors (Lipinski definition) is 0. The Morgan fingerprint density at radius 2 is 1.87 bits per heavy atom. The van der Waals surface area contributed by atoms with Crippen LogP contribution in [0.5, 0.6) is 17.2 Å². The highest BCUT2D eigenvalue weighted by molar-refractivity contribution is 7.42. The Labute approximate surface area is 138 Å². The van der Waals surface area contributed by atoms with Crippen LogP contribution in [0.4, 0.5) is 0 Å². The van der Waals surface area contributed by atoms with Crippen LogP contribution in [0.2, 0.25) is 0 Å². The maximum atomic E-state index is 6.03. The van der Waals surface area contributed by atoms with Crippen molar-refractivity contribution >= 4 is 8.60 Å². The average molecular weight is 332 g/mol. The van der Waals surface area contributed by atoms with E-state index < -0.39 is 8.60 Å². The Morgan fingerprint density at radius 3 is 2.61 bits per heavy atom. The largest absolute Gasteiger partial charge is 0.497 e. The second kappa shape index (κ2) is 6.38. The van der Waals surface area contributed by atoms with Gasteiger partial charge < -0.3 is 13.8 Å². The molecule has 0 amide bonds. The van der Waals surface area contributed by atoms with Gasteiger partial charge >= 0.3 is 8.60 Å². The fraction of sp³-hybridized carbons (Fsp3) is 0.333.